The van der Waals surface area contributed by atoms with Crippen LogP contribution >= 0.6 is 0 Å². The molecule has 39 heavy (non-hydrogen) atoms. The van der Waals surface area contributed by atoms with Crippen LogP contribution in [0.2, 0.25) is 0 Å². The van der Waals surface area contributed by atoms with Crippen LogP contribution in [0.1, 0.15) is 82.7 Å². The molecular formula is C28H30O11. The summed E-state index contributed by atoms with van der Waals surface area (Å²) in [6.07, 6.45) is -5.53. The molecule has 1 fully saturated rings. The first kappa shape index (κ1) is 27.2. The van der Waals surface area contributed by atoms with Crippen LogP contribution in [0.5, 0.6) is 17.2 Å². The Morgan fingerprint density at radius 3 is 2.33 bits per heavy atom. The third-order valence-corrected chi connectivity index (χ3v) is 8.08. The van der Waals surface area contributed by atoms with Crippen molar-refractivity contribution >= 4 is 17.3 Å². The monoisotopic (exact) mass is 542 g/mol. The van der Waals surface area contributed by atoms with E-state index in [4.69, 9.17) is 14.2 Å². The molecule has 0 radical (unpaired) electrons. The van der Waals surface area contributed by atoms with Crippen LogP contribution in [0.3, 0.4) is 0 Å². The van der Waals surface area contributed by atoms with E-state index in [1.807, 2.05) is 0 Å². The fourth-order valence-electron chi connectivity index (χ4n) is 5.89. The highest BCUT2D eigenvalue weighted by molar-refractivity contribution is 6.31. The number of aromatic hydroxyl groups is 2. The molecule has 0 unspecified atom stereocenters. The molecule has 0 aromatic heterocycles. The summed E-state index contributed by atoms with van der Waals surface area (Å²) in [5.41, 5.74) is -4.84. The van der Waals surface area contributed by atoms with E-state index in [2.05, 4.69) is 0 Å². The van der Waals surface area contributed by atoms with Crippen molar-refractivity contribution in [2.45, 2.75) is 75.8 Å². The Balaban J connectivity index is 1.68. The summed E-state index contributed by atoms with van der Waals surface area (Å²) in [4.78, 5) is 39.7. The number of carbonyl (C=O) groups is 3. The number of aliphatic hydroxyl groups is 3. The highest BCUT2D eigenvalue weighted by atomic mass is 16.7. The number of phenolic OH excluding ortho intramolecular Hbond substituents is 2. The first-order chi connectivity index (χ1) is 18.2. The second-order valence-corrected chi connectivity index (χ2v) is 10.8. The number of Topliss-reactive ketones (excluding diaryl/α,β-unsaturated/α-hetero) is 1. The van der Waals surface area contributed by atoms with Crippen molar-refractivity contribution in [1.29, 1.82) is 0 Å². The number of methoxy groups -OCH3 is 1. The number of ether oxygens (including phenoxy) is 3. The number of aliphatic hydroxyl groups excluding tert-OH is 1. The number of benzene rings is 2. The predicted molar refractivity (Wildman–Crippen MR) is 133 cm³/mol. The Kier molecular flexibility index (Phi) is 6.36. The molecule has 208 valence electrons. The molecule has 11 heteroatoms. The van der Waals surface area contributed by atoms with Crippen LogP contribution < -0.4 is 4.74 Å². The molecule has 0 bridgehead atoms. The van der Waals surface area contributed by atoms with E-state index in [0.717, 1.165) is 6.92 Å². The van der Waals surface area contributed by atoms with Gasteiger partial charge in [-0.3, -0.25) is 14.4 Å². The molecule has 5 rings (SSSR count). The maximum Gasteiger partial charge on any atom is 0.202 e. The maximum atomic E-state index is 13.7. The lowest BCUT2D eigenvalue weighted by atomic mass is 9.72. The van der Waals surface area contributed by atoms with Gasteiger partial charge in [-0.15, -0.1) is 0 Å². The third kappa shape index (κ3) is 4.04. The molecule has 3 aliphatic rings. The highest BCUT2D eigenvalue weighted by Gasteiger charge is 2.50. The zero-order valence-corrected chi connectivity index (χ0v) is 21.8. The minimum Gasteiger partial charge on any atom is -0.507 e. The molecule has 1 heterocycles. The van der Waals surface area contributed by atoms with Crippen molar-refractivity contribution in [1.82, 2.24) is 0 Å². The highest BCUT2D eigenvalue weighted by Crippen LogP contribution is 2.52. The van der Waals surface area contributed by atoms with Gasteiger partial charge in [-0.1, -0.05) is 12.1 Å². The summed E-state index contributed by atoms with van der Waals surface area (Å²) in [5.74, 6) is -3.32. The Labute approximate surface area is 223 Å². The smallest absolute Gasteiger partial charge is 0.202 e. The van der Waals surface area contributed by atoms with E-state index in [1.54, 1.807) is 0 Å². The lowest BCUT2D eigenvalue weighted by molar-refractivity contribution is -0.287. The van der Waals surface area contributed by atoms with Crippen LogP contribution in [0, 0.1) is 0 Å². The van der Waals surface area contributed by atoms with Crippen LogP contribution in [-0.2, 0) is 20.7 Å². The number of rotatable bonds is 4. The van der Waals surface area contributed by atoms with Crippen LogP contribution in [-0.4, -0.2) is 79.7 Å². The number of ketones is 3. The van der Waals surface area contributed by atoms with Gasteiger partial charge < -0.3 is 39.7 Å². The molecular weight excluding hydrogens is 512 g/mol. The quantitative estimate of drug-likeness (QED) is 0.301. The Hall–Kier alpha value is -3.35. The molecule has 0 spiro atoms. The minimum absolute atomic E-state index is 0.0303. The SMILES string of the molecule is COc1cccc2c1C(=O)c1c(O)c3c(c(O)c1C2=O)C[C@@](O)(C(C)=O)C[C@@H]3O[C@H]1C[C@@](C)(O)[C@@H](O)[C@H](C)O1. The van der Waals surface area contributed by atoms with E-state index in [0.29, 0.717) is 0 Å². The summed E-state index contributed by atoms with van der Waals surface area (Å²) < 4.78 is 17.0. The lowest BCUT2D eigenvalue weighted by Gasteiger charge is -2.44. The van der Waals surface area contributed by atoms with Gasteiger partial charge >= 0.3 is 0 Å². The summed E-state index contributed by atoms with van der Waals surface area (Å²) >= 11 is 0. The fourth-order valence-corrected chi connectivity index (χ4v) is 5.89. The standard InChI is InChI=1S/C28H30O11/c1-11-26(34)27(3,35)10-17(38-11)39-16-9-28(36,12(2)29)8-14-19(16)25(33)21-20(23(14)31)22(30)13-6-5-7-15(37-4)18(13)24(21)32/h5-7,11,16-17,26,31,33-36H,8-10H2,1-4H3/t11-,16-,17-,26-,27+,28-/m0/s1. The number of fused-ring (bicyclic) bond motifs is 3. The van der Waals surface area contributed by atoms with E-state index in [1.165, 1.54) is 39.2 Å². The molecule has 5 N–H and O–H groups in total. The van der Waals surface area contributed by atoms with Gasteiger partial charge in [0.15, 0.2) is 17.9 Å². The van der Waals surface area contributed by atoms with E-state index < -0.39 is 82.2 Å². The van der Waals surface area contributed by atoms with Crippen LogP contribution in [0.25, 0.3) is 0 Å². The van der Waals surface area contributed by atoms with Gasteiger partial charge in [-0.25, -0.2) is 0 Å². The van der Waals surface area contributed by atoms with Crippen molar-refractivity contribution in [2.24, 2.45) is 0 Å². The number of hydrogen-bond acceptors (Lipinski definition) is 11. The average Bonchev–Trinajstić information content (AvgIpc) is 2.86. The van der Waals surface area contributed by atoms with Gasteiger partial charge in [0.1, 0.15) is 29.0 Å². The Morgan fingerprint density at radius 2 is 1.72 bits per heavy atom. The molecule has 2 aromatic carbocycles. The molecule has 1 aliphatic heterocycles. The van der Waals surface area contributed by atoms with Gasteiger partial charge in [0.05, 0.1) is 41.6 Å². The molecule has 2 aliphatic carbocycles. The van der Waals surface area contributed by atoms with Crippen molar-refractivity contribution in [2.75, 3.05) is 7.11 Å². The second kappa shape index (κ2) is 9.10. The Bertz CT molecular complexity index is 1410. The van der Waals surface area contributed by atoms with Crippen molar-refractivity contribution in [3.63, 3.8) is 0 Å². The Morgan fingerprint density at radius 1 is 1.05 bits per heavy atom. The van der Waals surface area contributed by atoms with E-state index >= 15 is 0 Å². The van der Waals surface area contributed by atoms with E-state index in [9.17, 15) is 39.9 Å². The number of carbonyl (C=O) groups excluding carboxylic acids is 3. The molecule has 2 aromatic rings. The normalized spacial score (nSPS) is 31.8. The van der Waals surface area contributed by atoms with Gasteiger partial charge in [0, 0.05) is 36.0 Å². The average molecular weight is 543 g/mol. The molecule has 6 atom stereocenters. The summed E-state index contributed by atoms with van der Waals surface area (Å²) in [7, 11) is 1.33. The predicted octanol–water partition coefficient (Wildman–Crippen LogP) is 1.45. The van der Waals surface area contributed by atoms with Gasteiger partial charge in [-0.05, 0) is 26.8 Å². The first-order valence-corrected chi connectivity index (χ1v) is 12.5. The van der Waals surface area contributed by atoms with Crippen molar-refractivity contribution in [3.05, 3.63) is 51.6 Å². The maximum absolute atomic E-state index is 13.7. The van der Waals surface area contributed by atoms with Crippen molar-refractivity contribution < 1.29 is 54.1 Å². The van der Waals surface area contributed by atoms with Crippen LogP contribution in [0.4, 0.5) is 0 Å². The summed E-state index contributed by atoms with van der Waals surface area (Å²) in [5, 5.41) is 55.0. The van der Waals surface area contributed by atoms with Crippen molar-refractivity contribution in [3.8, 4) is 17.2 Å². The van der Waals surface area contributed by atoms with Crippen LogP contribution in [0.15, 0.2) is 18.2 Å². The minimum atomic E-state index is -2.04. The summed E-state index contributed by atoms with van der Waals surface area (Å²) in [6.45, 7) is 4.10. The second-order valence-electron chi connectivity index (χ2n) is 10.8. The first-order valence-electron chi connectivity index (χ1n) is 12.5. The number of hydrogen-bond donors (Lipinski definition) is 5. The molecule has 1 saturated heterocycles. The lowest BCUT2D eigenvalue weighted by Crippen LogP contribution is -2.55. The zero-order chi connectivity index (χ0) is 28.6. The summed E-state index contributed by atoms with van der Waals surface area (Å²) in [6, 6.07) is 4.40. The van der Waals surface area contributed by atoms with Gasteiger partial charge in [0.2, 0.25) is 5.78 Å². The molecule has 0 saturated carbocycles. The topological polar surface area (TPSA) is 180 Å². The van der Waals surface area contributed by atoms with E-state index in [-0.39, 0.29) is 40.8 Å². The van der Waals surface area contributed by atoms with Gasteiger partial charge in [-0.2, -0.15) is 0 Å². The third-order valence-electron chi connectivity index (χ3n) is 8.08. The molecule has 11 nitrogen and oxygen atoms in total. The largest absolute Gasteiger partial charge is 0.507 e. The molecule has 0 amide bonds. The zero-order valence-electron chi connectivity index (χ0n) is 21.8. The fraction of sp³-hybridized carbons (Fsp3) is 0.464. The number of phenols is 2. The van der Waals surface area contributed by atoms with Gasteiger partial charge in [0.25, 0.3) is 0 Å².